The molecule has 1 heterocycles. The molecule has 0 unspecified atom stereocenters. The Bertz CT molecular complexity index is 887. The Morgan fingerprint density at radius 2 is 1.73 bits per heavy atom. The zero-order valence-electron chi connectivity index (χ0n) is 13.6. The van der Waals surface area contributed by atoms with Crippen molar-refractivity contribution >= 4 is 17.5 Å². The Morgan fingerprint density at radius 3 is 2.31 bits per heavy atom. The van der Waals surface area contributed by atoms with Gasteiger partial charge in [-0.05, 0) is 17.7 Å². The van der Waals surface area contributed by atoms with Crippen LogP contribution in [0.15, 0.2) is 48.2 Å². The minimum atomic E-state index is -1.18. The van der Waals surface area contributed by atoms with Gasteiger partial charge in [-0.25, -0.2) is 8.78 Å². The summed E-state index contributed by atoms with van der Waals surface area (Å²) in [7, 11) is 1.53. The monoisotopic (exact) mass is 360 g/mol. The van der Waals surface area contributed by atoms with Gasteiger partial charge in [0.2, 0.25) is 0 Å². The third-order valence-electron chi connectivity index (χ3n) is 3.81. The predicted molar refractivity (Wildman–Crippen MR) is 88.3 cm³/mol. The van der Waals surface area contributed by atoms with Gasteiger partial charge in [0.15, 0.2) is 17.4 Å². The number of benzene rings is 2. The molecule has 8 heteroatoms. The molecule has 0 spiro atoms. The summed E-state index contributed by atoms with van der Waals surface area (Å²) in [5.41, 5.74) is 0.494. The molecule has 134 valence electrons. The molecule has 0 aliphatic carbocycles. The molecule has 0 fully saturated rings. The van der Waals surface area contributed by atoms with Gasteiger partial charge in [0.1, 0.15) is 11.4 Å². The summed E-state index contributed by atoms with van der Waals surface area (Å²) in [4.78, 5) is 25.5. The first-order chi connectivity index (χ1) is 12.4. The van der Waals surface area contributed by atoms with Crippen molar-refractivity contribution in [3.05, 3.63) is 65.4 Å². The molecule has 3 rings (SSSR count). The van der Waals surface area contributed by atoms with E-state index in [4.69, 9.17) is 9.84 Å². The lowest BCUT2D eigenvalue weighted by Crippen LogP contribution is -2.31. The number of anilines is 1. The molecular weight excluding hydrogens is 346 g/mol. The van der Waals surface area contributed by atoms with E-state index in [2.05, 4.69) is 5.32 Å². The summed E-state index contributed by atoms with van der Waals surface area (Å²) in [6.07, 6.45) is 1.05. The molecule has 0 aromatic heterocycles. The Balaban J connectivity index is 1.74. The van der Waals surface area contributed by atoms with Crippen LogP contribution in [0.25, 0.3) is 0 Å². The summed E-state index contributed by atoms with van der Waals surface area (Å²) in [6, 6.07) is 8.49. The molecule has 2 aromatic carbocycles. The van der Waals surface area contributed by atoms with Gasteiger partial charge in [0, 0.05) is 23.9 Å². The van der Waals surface area contributed by atoms with Gasteiger partial charge in [-0.2, -0.15) is 0 Å². The second-order valence-electron chi connectivity index (χ2n) is 5.55. The van der Waals surface area contributed by atoms with Crippen LogP contribution in [-0.4, -0.2) is 28.9 Å². The molecule has 0 saturated heterocycles. The van der Waals surface area contributed by atoms with E-state index in [9.17, 15) is 18.4 Å². The minimum Gasteiger partial charge on any atom is -0.503 e. The fourth-order valence-corrected chi connectivity index (χ4v) is 2.45. The third-order valence-corrected chi connectivity index (χ3v) is 3.81. The lowest BCUT2D eigenvalue weighted by Gasteiger charge is -2.15. The number of imide groups is 1. The van der Waals surface area contributed by atoms with E-state index in [0.717, 1.165) is 23.1 Å². The number of hydrogen-bond donors (Lipinski definition) is 2. The molecule has 2 aromatic rings. The van der Waals surface area contributed by atoms with Crippen molar-refractivity contribution in [2.24, 2.45) is 0 Å². The topological polar surface area (TPSA) is 78.9 Å². The standard InChI is InChI=1S/C18H14F2N2O4/c1-26-12-4-2-10(3-5-12)9-22-16(23)8-15(18(22)25)21-11-6-13(19)17(24)14(20)7-11/h2-8,21,24H,9H2,1H3. The fraction of sp³-hybridized carbons (Fsp3) is 0.111. The largest absolute Gasteiger partial charge is 0.503 e. The average molecular weight is 360 g/mol. The maximum Gasteiger partial charge on any atom is 0.277 e. The van der Waals surface area contributed by atoms with E-state index >= 15 is 0 Å². The van der Waals surface area contributed by atoms with Crippen LogP contribution in [0.4, 0.5) is 14.5 Å². The van der Waals surface area contributed by atoms with Crippen LogP contribution in [0.2, 0.25) is 0 Å². The highest BCUT2D eigenvalue weighted by Crippen LogP contribution is 2.26. The smallest absolute Gasteiger partial charge is 0.277 e. The number of halogens is 2. The first kappa shape index (κ1) is 17.4. The van der Waals surface area contributed by atoms with Crippen molar-refractivity contribution < 1.29 is 28.2 Å². The number of phenolic OH excluding ortho intramolecular Hbond substituents is 1. The molecule has 0 bridgehead atoms. The van der Waals surface area contributed by atoms with E-state index in [0.29, 0.717) is 11.3 Å². The van der Waals surface area contributed by atoms with Crippen molar-refractivity contribution in [2.45, 2.75) is 6.54 Å². The van der Waals surface area contributed by atoms with Crippen LogP contribution in [0.1, 0.15) is 5.56 Å². The highest BCUT2D eigenvalue weighted by atomic mass is 19.1. The number of carbonyl (C=O) groups excluding carboxylic acids is 2. The molecule has 6 nitrogen and oxygen atoms in total. The van der Waals surface area contributed by atoms with Crippen molar-refractivity contribution in [2.75, 3.05) is 12.4 Å². The maximum absolute atomic E-state index is 13.4. The lowest BCUT2D eigenvalue weighted by molar-refractivity contribution is -0.137. The van der Waals surface area contributed by atoms with E-state index in [-0.39, 0.29) is 17.9 Å². The van der Waals surface area contributed by atoms with Gasteiger partial charge in [-0.3, -0.25) is 14.5 Å². The maximum atomic E-state index is 13.4. The van der Waals surface area contributed by atoms with E-state index in [1.54, 1.807) is 24.3 Å². The van der Waals surface area contributed by atoms with Crippen molar-refractivity contribution in [1.82, 2.24) is 4.90 Å². The van der Waals surface area contributed by atoms with Crippen molar-refractivity contribution in [3.8, 4) is 11.5 Å². The van der Waals surface area contributed by atoms with Crippen LogP contribution < -0.4 is 10.1 Å². The van der Waals surface area contributed by atoms with Gasteiger partial charge >= 0.3 is 0 Å². The summed E-state index contributed by atoms with van der Waals surface area (Å²) in [5, 5.41) is 11.6. The molecule has 1 aliphatic rings. The number of phenols is 1. The zero-order valence-corrected chi connectivity index (χ0v) is 13.6. The number of carbonyl (C=O) groups is 2. The summed E-state index contributed by atoms with van der Waals surface area (Å²) < 4.78 is 31.8. The number of aromatic hydroxyl groups is 1. The first-order valence-corrected chi connectivity index (χ1v) is 7.54. The highest BCUT2D eigenvalue weighted by Gasteiger charge is 2.31. The van der Waals surface area contributed by atoms with Gasteiger partial charge in [0.25, 0.3) is 11.8 Å². The van der Waals surface area contributed by atoms with Crippen LogP contribution in [0.3, 0.4) is 0 Å². The van der Waals surface area contributed by atoms with Gasteiger partial charge in [0.05, 0.1) is 13.7 Å². The molecule has 2 N–H and O–H groups in total. The van der Waals surface area contributed by atoms with Crippen LogP contribution in [0, 0.1) is 11.6 Å². The third kappa shape index (κ3) is 3.34. The van der Waals surface area contributed by atoms with Gasteiger partial charge in [-0.15, -0.1) is 0 Å². The van der Waals surface area contributed by atoms with Crippen LogP contribution in [0.5, 0.6) is 11.5 Å². The number of rotatable bonds is 5. The molecule has 1 aliphatic heterocycles. The normalized spacial score (nSPS) is 13.8. The number of amides is 2. The van der Waals surface area contributed by atoms with Crippen molar-refractivity contribution in [1.29, 1.82) is 0 Å². The molecule has 2 amide bonds. The van der Waals surface area contributed by atoms with Crippen LogP contribution in [-0.2, 0) is 16.1 Å². The summed E-state index contributed by atoms with van der Waals surface area (Å²) in [5.74, 6) is -4.00. The summed E-state index contributed by atoms with van der Waals surface area (Å²) in [6.45, 7) is 0.0433. The first-order valence-electron chi connectivity index (χ1n) is 7.54. The molecular formula is C18H14F2N2O4. The second kappa shape index (κ2) is 6.83. The Hall–Kier alpha value is -3.42. The van der Waals surface area contributed by atoms with E-state index in [1.165, 1.54) is 7.11 Å². The number of nitrogens with one attached hydrogen (secondary N) is 1. The Labute approximate surface area is 147 Å². The SMILES string of the molecule is COc1ccc(CN2C(=O)C=C(Nc3cc(F)c(O)c(F)c3)C2=O)cc1. The highest BCUT2D eigenvalue weighted by molar-refractivity contribution is 6.17. The fourth-order valence-electron chi connectivity index (χ4n) is 2.45. The average Bonchev–Trinajstić information content (AvgIpc) is 2.87. The molecule has 26 heavy (non-hydrogen) atoms. The number of nitrogens with zero attached hydrogens (tertiary/aromatic N) is 1. The van der Waals surface area contributed by atoms with E-state index < -0.39 is 29.2 Å². The van der Waals surface area contributed by atoms with E-state index in [1.807, 2.05) is 0 Å². The second-order valence-corrected chi connectivity index (χ2v) is 5.55. The predicted octanol–water partition coefficient (Wildman–Crippen LogP) is 2.54. The van der Waals surface area contributed by atoms with Crippen molar-refractivity contribution in [3.63, 3.8) is 0 Å². The molecule has 0 saturated carbocycles. The van der Waals surface area contributed by atoms with Gasteiger partial charge < -0.3 is 15.2 Å². The quantitative estimate of drug-likeness (QED) is 0.633. The summed E-state index contributed by atoms with van der Waals surface area (Å²) >= 11 is 0. The zero-order chi connectivity index (χ0) is 18.8. The number of hydrogen-bond acceptors (Lipinski definition) is 5. The molecule has 0 atom stereocenters. The Kier molecular flexibility index (Phi) is 4.57. The minimum absolute atomic E-state index is 0.0433. The van der Waals surface area contributed by atoms with Crippen LogP contribution >= 0.6 is 0 Å². The number of methoxy groups -OCH3 is 1. The molecule has 0 radical (unpaired) electrons. The van der Waals surface area contributed by atoms with Gasteiger partial charge in [-0.1, -0.05) is 12.1 Å². The number of ether oxygens (including phenoxy) is 1. The Morgan fingerprint density at radius 1 is 1.12 bits per heavy atom. The lowest BCUT2D eigenvalue weighted by atomic mass is 10.2.